The van der Waals surface area contributed by atoms with Crippen molar-refractivity contribution in [2.45, 2.75) is 45.6 Å². The molecule has 0 saturated carbocycles. The second kappa shape index (κ2) is 11.5. The zero-order valence-electron chi connectivity index (χ0n) is 18.0. The number of Topliss-reactive ketones (excluding diaryl/α,β-unsaturated/α-hetero) is 1. The van der Waals surface area contributed by atoms with Gasteiger partial charge in [0.1, 0.15) is 0 Å². The number of hydrogen-bond donors (Lipinski definition) is 2. The lowest BCUT2D eigenvalue weighted by atomic mass is 9.94. The maximum absolute atomic E-state index is 13.1. The molecule has 0 aliphatic heterocycles. The summed E-state index contributed by atoms with van der Waals surface area (Å²) in [4.78, 5) is 27.4. The van der Waals surface area contributed by atoms with Crippen LogP contribution in [-0.4, -0.2) is 28.4 Å². The molecule has 2 aromatic carbocycles. The number of nitrogens with one attached hydrogen (secondary N) is 1. The summed E-state index contributed by atoms with van der Waals surface area (Å²) >= 11 is 12.2. The fourth-order valence-corrected chi connectivity index (χ4v) is 4.22. The number of unbranched alkanes of at least 4 members (excludes halogenated alkanes) is 1. The Kier molecular flexibility index (Phi) is 8.74. The number of hydrogen-bond acceptors (Lipinski definition) is 3. The van der Waals surface area contributed by atoms with Crippen molar-refractivity contribution in [3.05, 3.63) is 69.3 Å². The number of aromatic nitrogens is 1. The second-order valence-corrected chi connectivity index (χ2v) is 9.01. The van der Waals surface area contributed by atoms with Crippen LogP contribution in [0.3, 0.4) is 0 Å². The van der Waals surface area contributed by atoms with E-state index in [4.69, 9.17) is 33.0 Å². The zero-order chi connectivity index (χ0) is 23.1. The van der Waals surface area contributed by atoms with E-state index >= 15 is 0 Å². The molecule has 5 nitrogen and oxygen atoms in total. The topological polar surface area (TPSA) is 79.4 Å². The minimum atomic E-state index is -0.898. The second-order valence-electron chi connectivity index (χ2n) is 8.14. The van der Waals surface area contributed by atoms with E-state index in [0.29, 0.717) is 35.2 Å². The van der Waals surface area contributed by atoms with Crippen molar-refractivity contribution in [1.29, 1.82) is 0 Å². The number of benzene rings is 2. The quantitative estimate of drug-likeness (QED) is 0.225. The molecule has 3 rings (SSSR count). The van der Waals surface area contributed by atoms with Crippen molar-refractivity contribution in [3.63, 3.8) is 0 Å². The first-order chi connectivity index (χ1) is 15.3. The van der Waals surface area contributed by atoms with Crippen molar-refractivity contribution < 1.29 is 19.4 Å². The molecule has 2 N–H and O–H groups in total. The van der Waals surface area contributed by atoms with E-state index in [1.807, 2.05) is 30.3 Å². The molecule has 0 radical (unpaired) electrons. The molecular weight excluding hydrogens is 449 g/mol. The van der Waals surface area contributed by atoms with Crippen LogP contribution in [0, 0.1) is 5.92 Å². The predicted molar refractivity (Wildman–Crippen MR) is 128 cm³/mol. The molecular formula is C25H27Cl2NO4. The van der Waals surface area contributed by atoms with Gasteiger partial charge in [-0.05, 0) is 61.1 Å². The number of carboxylic acid groups (broad SMARTS) is 1. The predicted octanol–water partition coefficient (Wildman–Crippen LogP) is 6.70. The van der Waals surface area contributed by atoms with Gasteiger partial charge in [-0.15, -0.1) is 0 Å². The maximum atomic E-state index is 13.1. The van der Waals surface area contributed by atoms with Crippen LogP contribution in [0.1, 0.15) is 54.2 Å². The van der Waals surface area contributed by atoms with Gasteiger partial charge in [0.05, 0.1) is 6.61 Å². The van der Waals surface area contributed by atoms with Crippen molar-refractivity contribution in [2.24, 2.45) is 5.92 Å². The normalized spacial score (nSPS) is 12.2. The van der Waals surface area contributed by atoms with Gasteiger partial charge in [0.2, 0.25) is 0 Å². The number of carboxylic acids is 1. The number of ketones is 1. The Morgan fingerprint density at radius 1 is 1.06 bits per heavy atom. The van der Waals surface area contributed by atoms with E-state index in [9.17, 15) is 9.59 Å². The number of fused-ring (bicyclic) bond motifs is 1. The Morgan fingerprint density at radius 2 is 1.84 bits per heavy atom. The summed E-state index contributed by atoms with van der Waals surface area (Å²) < 4.78 is 5.75. The molecule has 0 saturated heterocycles. The Morgan fingerprint density at radius 3 is 2.59 bits per heavy atom. The molecule has 0 spiro atoms. The van der Waals surface area contributed by atoms with Crippen molar-refractivity contribution in [1.82, 2.24) is 4.98 Å². The van der Waals surface area contributed by atoms with Gasteiger partial charge in [0.15, 0.2) is 5.78 Å². The first-order valence-corrected chi connectivity index (χ1v) is 11.5. The number of carbonyl (C=O) groups is 2. The van der Waals surface area contributed by atoms with Crippen LogP contribution in [0.25, 0.3) is 10.9 Å². The highest BCUT2D eigenvalue weighted by Crippen LogP contribution is 2.29. The van der Waals surface area contributed by atoms with Gasteiger partial charge in [-0.2, -0.15) is 0 Å². The lowest BCUT2D eigenvalue weighted by Gasteiger charge is -2.09. The molecule has 0 amide bonds. The van der Waals surface area contributed by atoms with Crippen LogP contribution >= 0.6 is 23.2 Å². The summed E-state index contributed by atoms with van der Waals surface area (Å²) in [6.07, 6.45) is 2.54. The van der Waals surface area contributed by atoms with E-state index < -0.39 is 5.97 Å². The summed E-state index contributed by atoms with van der Waals surface area (Å²) in [5.41, 5.74) is 3.38. The number of rotatable bonds is 12. The third kappa shape index (κ3) is 6.83. The monoisotopic (exact) mass is 475 g/mol. The first-order valence-electron chi connectivity index (χ1n) is 10.7. The largest absolute Gasteiger partial charge is 0.481 e. The van der Waals surface area contributed by atoms with Gasteiger partial charge in [-0.1, -0.05) is 42.3 Å². The molecule has 0 bridgehead atoms. The highest BCUT2D eigenvalue weighted by Gasteiger charge is 2.21. The Labute approximate surface area is 197 Å². The highest BCUT2D eigenvalue weighted by molar-refractivity contribution is 6.31. The molecule has 0 aliphatic rings. The lowest BCUT2D eigenvalue weighted by molar-refractivity contribution is -0.137. The Balaban J connectivity index is 1.62. The average Bonchev–Trinajstić information content (AvgIpc) is 3.07. The van der Waals surface area contributed by atoms with Crippen LogP contribution < -0.4 is 0 Å². The molecule has 1 heterocycles. The number of halogens is 2. The zero-order valence-corrected chi connectivity index (χ0v) is 19.5. The van der Waals surface area contributed by atoms with E-state index in [1.165, 1.54) is 0 Å². The highest BCUT2D eigenvalue weighted by atomic mass is 35.5. The van der Waals surface area contributed by atoms with Crippen LogP contribution in [-0.2, 0) is 22.6 Å². The number of aryl methyl sites for hydroxylation is 1. The van der Waals surface area contributed by atoms with Gasteiger partial charge < -0.3 is 14.8 Å². The minimum absolute atomic E-state index is 0.0336. The van der Waals surface area contributed by atoms with Gasteiger partial charge in [-0.3, -0.25) is 9.59 Å². The Hall–Kier alpha value is -2.34. The average molecular weight is 476 g/mol. The summed E-state index contributed by atoms with van der Waals surface area (Å²) in [7, 11) is 0. The number of ether oxygens (including phenoxy) is 1. The van der Waals surface area contributed by atoms with Crippen molar-refractivity contribution in [2.75, 3.05) is 6.61 Å². The number of carbonyl (C=O) groups excluding carboxylic acids is 1. The third-order valence-corrected chi connectivity index (χ3v) is 5.77. The molecule has 1 aromatic heterocycles. The Bertz CT molecular complexity index is 1090. The molecule has 1 atom stereocenters. The van der Waals surface area contributed by atoms with Crippen molar-refractivity contribution >= 4 is 45.9 Å². The molecule has 170 valence electrons. The SMILES string of the molecule is C[C@H](CC(=O)O)CC(=O)c1c(CCCCOCc2cccc(Cl)c2)[nH]c2ccc(Cl)cc12. The lowest BCUT2D eigenvalue weighted by Crippen LogP contribution is -2.11. The first kappa shape index (κ1) is 24.3. The van der Waals surface area contributed by atoms with Crippen LogP contribution in [0.4, 0.5) is 0 Å². The summed E-state index contributed by atoms with van der Waals surface area (Å²) in [6.45, 7) is 2.90. The minimum Gasteiger partial charge on any atom is -0.481 e. The van der Waals surface area contributed by atoms with Gasteiger partial charge in [0, 0.05) is 51.7 Å². The van der Waals surface area contributed by atoms with Crippen molar-refractivity contribution in [3.8, 4) is 0 Å². The molecule has 0 fully saturated rings. The maximum Gasteiger partial charge on any atom is 0.303 e. The smallest absolute Gasteiger partial charge is 0.303 e. The fourth-order valence-electron chi connectivity index (χ4n) is 3.84. The van der Waals surface area contributed by atoms with Gasteiger partial charge in [-0.25, -0.2) is 0 Å². The fraction of sp³-hybridized carbons (Fsp3) is 0.360. The molecule has 0 unspecified atom stereocenters. The number of H-pyrrole nitrogens is 1. The number of aromatic amines is 1. The molecule has 0 aliphatic carbocycles. The molecule has 7 heteroatoms. The van der Waals surface area contributed by atoms with Gasteiger partial charge in [0.25, 0.3) is 0 Å². The summed E-state index contributed by atoms with van der Waals surface area (Å²) in [5.74, 6) is -1.19. The standard InChI is InChI=1S/C25H27Cl2NO4/c1-16(12-24(30)31)11-23(29)25-20-14-19(27)8-9-21(20)28-22(25)7-2-3-10-32-15-17-5-4-6-18(26)13-17/h4-6,8-9,13-14,16,28H,2-3,7,10-12,15H2,1H3,(H,30,31)/t16-/m0/s1. The summed E-state index contributed by atoms with van der Waals surface area (Å²) in [6, 6.07) is 13.0. The number of aliphatic carboxylic acids is 1. The molecule has 32 heavy (non-hydrogen) atoms. The van der Waals surface area contributed by atoms with Gasteiger partial charge >= 0.3 is 5.97 Å². The van der Waals surface area contributed by atoms with E-state index in [2.05, 4.69) is 4.98 Å². The van der Waals surface area contributed by atoms with Crippen LogP contribution in [0.2, 0.25) is 10.0 Å². The third-order valence-electron chi connectivity index (χ3n) is 5.30. The van der Waals surface area contributed by atoms with E-state index in [1.54, 1.807) is 19.1 Å². The molecule has 3 aromatic rings. The van der Waals surface area contributed by atoms with E-state index in [-0.39, 0.29) is 24.5 Å². The summed E-state index contributed by atoms with van der Waals surface area (Å²) in [5, 5.41) is 11.1. The van der Waals surface area contributed by atoms with Crippen LogP contribution in [0.5, 0.6) is 0 Å². The van der Waals surface area contributed by atoms with E-state index in [0.717, 1.165) is 35.0 Å². The van der Waals surface area contributed by atoms with Crippen LogP contribution in [0.15, 0.2) is 42.5 Å².